The molecule has 0 radical (unpaired) electrons. The van der Waals surface area contributed by atoms with Crippen molar-refractivity contribution in [3.05, 3.63) is 53.6 Å². The Balaban J connectivity index is 2.56. The Morgan fingerprint density at radius 1 is 1.25 bits per heavy atom. The third-order valence-corrected chi connectivity index (χ3v) is 3.61. The first-order valence-corrected chi connectivity index (χ1v) is 7.40. The van der Waals surface area contributed by atoms with E-state index in [1.165, 1.54) is 26.2 Å². The molecule has 0 saturated carbocycles. The average Bonchev–Trinajstić information content (AvgIpc) is 2.57. The zero-order valence-corrected chi connectivity index (χ0v) is 13.7. The molecule has 0 N–H and O–H groups in total. The van der Waals surface area contributed by atoms with E-state index in [1.54, 1.807) is 37.3 Å². The molecule has 1 aromatic rings. The summed E-state index contributed by atoms with van der Waals surface area (Å²) in [6, 6.07) is 6.78. The van der Waals surface area contributed by atoms with E-state index in [-0.39, 0.29) is 6.61 Å². The van der Waals surface area contributed by atoms with Crippen LogP contribution in [0.2, 0.25) is 0 Å². The Kier molecular flexibility index (Phi) is 5.18. The van der Waals surface area contributed by atoms with E-state index in [0.717, 1.165) is 0 Å². The summed E-state index contributed by atoms with van der Waals surface area (Å²) in [6.07, 6.45) is 4.19. The maximum absolute atomic E-state index is 12.4. The minimum Gasteiger partial charge on any atom is -0.466 e. The number of esters is 3. The molecular weight excluding hydrogens is 312 g/mol. The van der Waals surface area contributed by atoms with Crippen molar-refractivity contribution in [2.45, 2.75) is 19.4 Å². The van der Waals surface area contributed by atoms with Crippen molar-refractivity contribution in [2.75, 3.05) is 13.7 Å². The van der Waals surface area contributed by atoms with E-state index in [4.69, 9.17) is 9.47 Å². The van der Waals surface area contributed by atoms with Gasteiger partial charge in [0.05, 0.1) is 19.3 Å². The summed E-state index contributed by atoms with van der Waals surface area (Å²) in [6.45, 7) is 3.29. The lowest BCUT2D eigenvalue weighted by molar-refractivity contribution is -0.158. The topological polar surface area (TPSA) is 78.9 Å². The minimum atomic E-state index is -1.60. The van der Waals surface area contributed by atoms with Crippen LogP contribution in [0, 0.1) is 0 Å². The number of hydrogen-bond acceptors (Lipinski definition) is 6. The zero-order chi connectivity index (χ0) is 17.7. The zero-order valence-electron chi connectivity index (χ0n) is 13.7. The van der Waals surface area contributed by atoms with Gasteiger partial charge >= 0.3 is 17.9 Å². The highest BCUT2D eigenvalue weighted by atomic mass is 16.6. The number of carbonyl (C=O) groups is 3. The molecule has 0 aliphatic carbocycles. The summed E-state index contributed by atoms with van der Waals surface area (Å²) < 4.78 is 15.0. The van der Waals surface area contributed by atoms with Gasteiger partial charge in [-0.3, -0.25) is 0 Å². The van der Waals surface area contributed by atoms with Gasteiger partial charge in [0, 0.05) is 11.6 Å². The van der Waals surface area contributed by atoms with Crippen LogP contribution < -0.4 is 0 Å². The summed E-state index contributed by atoms with van der Waals surface area (Å²) in [5.41, 5.74) is -0.269. The SMILES string of the molecule is CCOC(=O)C1(C)OC(=O)c2ccccc2/C1=C/C=C/C(=O)OC. The Morgan fingerprint density at radius 3 is 2.54 bits per heavy atom. The first-order valence-electron chi connectivity index (χ1n) is 7.40. The number of rotatable bonds is 4. The fourth-order valence-electron chi connectivity index (χ4n) is 2.41. The molecule has 24 heavy (non-hydrogen) atoms. The molecular formula is C18H18O6. The normalized spacial score (nSPS) is 21.3. The summed E-state index contributed by atoms with van der Waals surface area (Å²) >= 11 is 0. The van der Waals surface area contributed by atoms with Gasteiger partial charge in [-0.05, 0) is 25.5 Å². The molecule has 2 rings (SSSR count). The first-order chi connectivity index (χ1) is 11.4. The average molecular weight is 330 g/mol. The van der Waals surface area contributed by atoms with Gasteiger partial charge in [-0.2, -0.15) is 0 Å². The smallest absolute Gasteiger partial charge is 0.355 e. The summed E-state index contributed by atoms with van der Waals surface area (Å²) in [4.78, 5) is 35.9. The number of methoxy groups -OCH3 is 1. The van der Waals surface area contributed by atoms with Gasteiger partial charge < -0.3 is 14.2 Å². The molecule has 1 atom stereocenters. The standard InChI is InChI=1S/C18H18O6/c1-4-23-17(21)18(2)14(10-7-11-15(19)22-3)12-8-5-6-9-13(12)16(20)24-18/h5-11H,4H2,1-3H3/b11-7+,14-10-. The van der Waals surface area contributed by atoms with Gasteiger partial charge in [-0.1, -0.05) is 30.4 Å². The number of carbonyl (C=O) groups excluding carboxylic acids is 3. The molecule has 0 aromatic heterocycles. The maximum atomic E-state index is 12.4. The molecule has 126 valence electrons. The summed E-state index contributed by atoms with van der Waals surface area (Å²) in [5, 5.41) is 0. The monoisotopic (exact) mass is 330 g/mol. The number of fused-ring (bicyclic) bond motifs is 1. The fourth-order valence-corrected chi connectivity index (χ4v) is 2.41. The molecule has 1 heterocycles. The summed E-state index contributed by atoms with van der Waals surface area (Å²) in [5.74, 6) is -1.81. The van der Waals surface area contributed by atoms with Gasteiger partial charge in [0.2, 0.25) is 5.60 Å². The largest absolute Gasteiger partial charge is 0.466 e. The van der Waals surface area contributed by atoms with Crippen LogP contribution in [0.25, 0.3) is 5.57 Å². The number of cyclic esters (lactones) is 1. The lowest BCUT2D eigenvalue weighted by Crippen LogP contribution is -2.46. The highest BCUT2D eigenvalue weighted by Gasteiger charge is 2.47. The molecule has 0 spiro atoms. The van der Waals surface area contributed by atoms with E-state index in [9.17, 15) is 14.4 Å². The number of allylic oxidation sites excluding steroid dienone is 2. The molecule has 6 heteroatoms. The molecule has 6 nitrogen and oxygen atoms in total. The summed E-state index contributed by atoms with van der Waals surface area (Å²) in [7, 11) is 1.26. The highest BCUT2D eigenvalue weighted by Crippen LogP contribution is 2.39. The Hall–Kier alpha value is -2.89. The molecule has 0 saturated heterocycles. The van der Waals surface area contributed by atoms with Crippen molar-refractivity contribution >= 4 is 23.5 Å². The lowest BCUT2D eigenvalue weighted by atomic mass is 9.84. The van der Waals surface area contributed by atoms with Crippen LogP contribution in [-0.4, -0.2) is 37.2 Å². The van der Waals surface area contributed by atoms with Crippen LogP contribution >= 0.6 is 0 Å². The van der Waals surface area contributed by atoms with Crippen LogP contribution in [-0.2, 0) is 23.8 Å². The predicted molar refractivity (Wildman–Crippen MR) is 86.0 cm³/mol. The van der Waals surface area contributed by atoms with E-state index in [0.29, 0.717) is 16.7 Å². The van der Waals surface area contributed by atoms with Crippen LogP contribution in [0.5, 0.6) is 0 Å². The molecule has 1 aromatic carbocycles. The van der Waals surface area contributed by atoms with Crippen molar-refractivity contribution < 1.29 is 28.6 Å². The third kappa shape index (κ3) is 3.22. The quantitative estimate of drug-likeness (QED) is 0.479. The maximum Gasteiger partial charge on any atom is 0.355 e. The van der Waals surface area contributed by atoms with Gasteiger partial charge in [-0.25, -0.2) is 14.4 Å². The lowest BCUT2D eigenvalue weighted by Gasteiger charge is -2.34. The van der Waals surface area contributed by atoms with E-state index >= 15 is 0 Å². The van der Waals surface area contributed by atoms with Crippen molar-refractivity contribution in [1.82, 2.24) is 0 Å². The van der Waals surface area contributed by atoms with Gasteiger partial charge in [0.25, 0.3) is 0 Å². The number of hydrogen-bond donors (Lipinski definition) is 0. The van der Waals surface area contributed by atoms with E-state index < -0.39 is 23.5 Å². The van der Waals surface area contributed by atoms with Crippen LogP contribution in [0.1, 0.15) is 29.8 Å². The second kappa shape index (κ2) is 7.12. The van der Waals surface area contributed by atoms with Crippen LogP contribution in [0.3, 0.4) is 0 Å². The number of benzene rings is 1. The second-order valence-corrected chi connectivity index (χ2v) is 5.15. The van der Waals surface area contributed by atoms with Crippen molar-refractivity contribution in [3.8, 4) is 0 Å². The predicted octanol–water partition coefficient (Wildman–Crippen LogP) is 2.29. The highest BCUT2D eigenvalue weighted by molar-refractivity contribution is 6.08. The number of ether oxygens (including phenoxy) is 3. The van der Waals surface area contributed by atoms with Crippen molar-refractivity contribution in [1.29, 1.82) is 0 Å². The van der Waals surface area contributed by atoms with Crippen LogP contribution in [0.4, 0.5) is 0 Å². The molecule has 1 aliphatic heterocycles. The van der Waals surface area contributed by atoms with Gasteiger partial charge in [0.1, 0.15) is 0 Å². The molecule has 1 aliphatic rings. The van der Waals surface area contributed by atoms with Crippen molar-refractivity contribution in [2.24, 2.45) is 0 Å². The molecule has 0 bridgehead atoms. The molecule has 0 fully saturated rings. The molecule has 0 amide bonds. The Bertz CT molecular complexity index is 731. The third-order valence-electron chi connectivity index (χ3n) is 3.61. The Morgan fingerprint density at radius 2 is 1.92 bits per heavy atom. The first kappa shape index (κ1) is 17.5. The Labute approximate surface area is 139 Å². The van der Waals surface area contributed by atoms with Gasteiger partial charge in [0.15, 0.2) is 0 Å². The van der Waals surface area contributed by atoms with E-state index in [1.807, 2.05) is 0 Å². The second-order valence-electron chi connectivity index (χ2n) is 5.15. The van der Waals surface area contributed by atoms with Crippen LogP contribution in [0.15, 0.2) is 42.5 Å². The molecule has 1 unspecified atom stereocenters. The van der Waals surface area contributed by atoms with E-state index in [2.05, 4.69) is 4.74 Å². The fraction of sp³-hybridized carbons (Fsp3) is 0.278. The van der Waals surface area contributed by atoms with Crippen molar-refractivity contribution in [3.63, 3.8) is 0 Å². The minimum absolute atomic E-state index is 0.152. The van der Waals surface area contributed by atoms with Gasteiger partial charge in [-0.15, -0.1) is 0 Å².